The number of likely N-dealkylation sites (N-methyl/N-ethyl adjacent to an activating group) is 1. The van der Waals surface area contributed by atoms with Crippen molar-refractivity contribution < 1.29 is 8.78 Å². The predicted molar refractivity (Wildman–Crippen MR) is 65.9 cm³/mol. The Kier molecular flexibility index (Phi) is 6.08. The van der Waals surface area contributed by atoms with E-state index < -0.39 is 11.6 Å². The van der Waals surface area contributed by atoms with E-state index in [9.17, 15) is 8.78 Å². The predicted octanol–water partition coefficient (Wildman–Crippen LogP) is 2.40. The van der Waals surface area contributed by atoms with Crippen LogP contribution in [0, 0.1) is 11.6 Å². The summed E-state index contributed by atoms with van der Waals surface area (Å²) >= 11 is 0. The highest BCUT2D eigenvalue weighted by Crippen LogP contribution is 2.08. The van der Waals surface area contributed by atoms with E-state index in [1.165, 1.54) is 12.1 Å². The van der Waals surface area contributed by atoms with Crippen molar-refractivity contribution in [3.63, 3.8) is 0 Å². The Morgan fingerprint density at radius 3 is 2.47 bits per heavy atom. The monoisotopic (exact) mass is 242 g/mol. The molecule has 0 radical (unpaired) electrons. The third-order valence-electron chi connectivity index (χ3n) is 2.83. The first-order valence-corrected chi connectivity index (χ1v) is 6.04. The molecule has 0 saturated carbocycles. The third kappa shape index (κ3) is 4.79. The molecule has 4 heteroatoms. The lowest BCUT2D eigenvalue weighted by molar-refractivity contribution is 0.302. The summed E-state index contributed by atoms with van der Waals surface area (Å²) in [4.78, 5) is 2.29. The molecule has 0 aliphatic rings. The molecule has 0 aromatic heterocycles. The van der Waals surface area contributed by atoms with Gasteiger partial charge in [-0.1, -0.05) is 19.9 Å². The fourth-order valence-corrected chi connectivity index (χ4v) is 1.67. The molecule has 1 aromatic rings. The summed E-state index contributed by atoms with van der Waals surface area (Å²) in [6.07, 6.45) is 0. The molecule has 0 heterocycles. The third-order valence-corrected chi connectivity index (χ3v) is 2.83. The van der Waals surface area contributed by atoms with Crippen molar-refractivity contribution in [3.05, 3.63) is 35.4 Å². The van der Waals surface area contributed by atoms with E-state index in [1.54, 1.807) is 0 Å². The Bertz CT molecular complexity index is 338. The number of hydrogen-bond donors (Lipinski definition) is 1. The molecule has 1 aromatic carbocycles. The summed E-state index contributed by atoms with van der Waals surface area (Å²) in [5, 5.41) is 3.16. The van der Waals surface area contributed by atoms with Crippen molar-refractivity contribution >= 4 is 0 Å². The Labute approximate surface area is 102 Å². The molecule has 0 bridgehead atoms. The summed E-state index contributed by atoms with van der Waals surface area (Å²) in [6, 6.07) is 3.68. The van der Waals surface area contributed by atoms with Gasteiger partial charge < -0.3 is 10.2 Å². The van der Waals surface area contributed by atoms with Gasteiger partial charge in [-0.25, -0.2) is 8.78 Å². The summed E-state index contributed by atoms with van der Waals surface area (Å²) in [5.41, 5.74) is 0.506. The molecule has 0 amide bonds. The second-order valence-corrected chi connectivity index (χ2v) is 3.94. The molecular formula is C13H20F2N2. The van der Waals surface area contributed by atoms with Gasteiger partial charge in [0.15, 0.2) is 0 Å². The van der Waals surface area contributed by atoms with Gasteiger partial charge in [0.05, 0.1) is 0 Å². The minimum Gasteiger partial charge on any atom is -0.311 e. The van der Waals surface area contributed by atoms with Gasteiger partial charge in [0, 0.05) is 31.3 Å². The van der Waals surface area contributed by atoms with Gasteiger partial charge in [0.1, 0.15) is 11.6 Å². The summed E-state index contributed by atoms with van der Waals surface area (Å²) in [7, 11) is 0. The SMILES string of the molecule is CCN(CC)CCNCc1ccc(F)cc1F. The Balaban J connectivity index is 2.31. The largest absolute Gasteiger partial charge is 0.311 e. The molecule has 0 saturated heterocycles. The van der Waals surface area contributed by atoms with Crippen molar-refractivity contribution in [1.82, 2.24) is 10.2 Å². The molecule has 0 atom stereocenters. The first-order valence-electron chi connectivity index (χ1n) is 6.04. The molecule has 0 fully saturated rings. The van der Waals surface area contributed by atoms with Crippen LogP contribution in [0.2, 0.25) is 0 Å². The number of benzene rings is 1. The number of halogens is 2. The lowest BCUT2D eigenvalue weighted by Crippen LogP contribution is -2.31. The minimum atomic E-state index is -0.533. The lowest BCUT2D eigenvalue weighted by Gasteiger charge is -2.18. The molecule has 0 aliphatic carbocycles. The highest BCUT2D eigenvalue weighted by molar-refractivity contribution is 5.18. The first kappa shape index (κ1) is 14.1. The quantitative estimate of drug-likeness (QED) is 0.739. The zero-order valence-corrected chi connectivity index (χ0v) is 10.5. The second kappa shape index (κ2) is 7.35. The second-order valence-electron chi connectivity index (χ2n) is 3.94. The average Bonchev–Trinajstić information content (AvgIpc) is 2.32. The summed E-state index contributed by atoms with van der Waals surface area (Å²) in [6.45, 7) is 8.44. The molecule has 17 heavy (non-hydrogen) atoms. The molecule has 2 nitrogen and oxygen atoms in total. The van der Waals surface area contributed by atoms with Gasteiger partial charge in [0.2, 0.25) is 0 Å². The van der Waals surface area contributed by atoms with Gasteiger partial charge in [0.25, 0.3) is 0 Å². The normalized spacial score (nSPS) is 11.1. The van der Waals surface area contributed by atoms with Crippen LogP contribution in [0.1, 0.15) is 19.4 Å². The van der Waals surface area contributed by atoms with Crippen LogP contribution < -0.4 is 5.32 Å². The maximum Gasteiger partial charge on any atom is 0.130 e. The van der Waals surface area contributed by atoms with E-state index in [-0.39, 0.29) is 0 Å². The number of nitrogens with one attached hydrogen (secondary N) is 1. The fraction of sp³-hybridized carbons (Fsp3) is 0.538. The molecular weight excluding hydrogens is 222 g/mol. The van der Waals surface area contributed by atoms with E-state index in [0.29, 0.717) is 12.1 Å². The topological polar surface area (TPSA) is 15.3 Å². The van der Waals surface area contributed by atoms with Crippen LogP contribution in [0.5, 0.6) is 0 Å². The molecule has 0 unspecified atom stereocenters. The van der Waals surface area contributed by atoms with Crippen molar-refractivity contribution in [1.29, 1.82) is 0 Å². The molecule has 1 rings (SSSR count). The maximum absolute atomic E-state index is 13.3. The smallest absolute Gasteiger partial charge is 0.130 e. The van der Waals surface area contributed by atoms with Crippen LogP contribution in [0.15, 0.2) is 18.2 Å². The van der Waals surface area contributed by atoms with Gasteiger partial charge >= 0.3 is 0 Å². The van der Waals surface area contributed by atoms with Crippen molar-refractivity contribution in [3.8, 4) is 0 Å². The summed E-state index contributed by atoms with van der Waals surface area (Å²) in [5.74, 6) is -1.02. The Hall–Kier alpha value is -1.00. The number of rotatable bonds is 7. The molecule has 96 valence electrons. The standard InChI is InChI=1S/C13H20F2N2/c1-3-17(4-2)8-7-16-10-11-5-6-12(14)9-13(11)15/h5-6,9,16H,3-4,7-8,10H2,1-2H3. The number of nitrogens with zero attached hydrogens (tertiary/aromatic N) is 1. The van der Waals surface area contributed by atoms with Crippen LogP contribution in [-0.4, -0.2) is 31.1 Å². The van der Waals surface area contributed by atoms with Crippen LogP contribution in [0.3, 0.4) is 0 Å². The van der Waals surface area contributed by atoms with Crippen LogP contribution >= 0.6 is 0 Å². The Morgan fingerprint density at radius 2 is 1.88 bits per heavy atom. The highest BCUT2D eigenvalue weighted by atomic mass is 19.1. The van der Waals surface area contributed by atoms with Crippen LogP contribution in [-0.2, 0) is 6.54 Å². The zero-order valence-electron chi connectivity index (χ0n) is 10.5. The summed E-state index contributed by atoms with van der Waals surface area (Å²) < 4.78 is 25.9. The number of hydrogen-bond acceptors (Lipinski definition) is 2. The van der Waals surface area contributed by atoms with E-state index in [2.05, 4.69) is 24.1 Å². The highest BCUT2D eigenvalue weighted by Gasteiger charge is 2.03. The molecule has 1 N–H and O–H groups in total. The lowest BCUT2D eigenvalue weighted by atomic mass is 10.2. The maximum atomic E-state index is 13.3. The van der Waals surface area contributed by atoms with Crippen molar-refractivity contribution in [2.45, 2.75) is 20.4 Å². The van der Waals surface area contributed by atoms with E-state index in [1.807, 2.05) is 0 Å². The van der Waals surface area contributed by atoms with Crippen molar-refractivity contribution in [2.24, 2.45) is 0 Å². The Morgan fingerprint density at radius 1 is 1.18 bits per heavy atom. The van der Waals surface area contributed by atoms with E-state index >= 15 is 0 Å². The molecule has 0 spiro atoms. The van der Waals surface area contributed by atoms with E-state index in [4.69, 9.17) is 0 Å². The van der Waals surface area contributed by atoms with Gasteiger partial charge in [-0.05, 0) is 19.2 Å². The van der Waals surface area contributed by atoms with Crippen LogP contribution in [0.25, 0.3) is 0 Å². The molecule has 0 aliphatic heterocycles. The van der Waals surface area contributed by atoms with Gasteiger partial charge in [-0.15, -0.1) is 0 Å². The van der Waals surface area contributed by atoms with Gasteiger partial charge in [-0.2, -0.15) is 0 Å². The average molecular weight is 242 g/mol. The van der Waals surface area contributed by atoms with Crippen LogP contribution in [0.4, 0.5) is 8.78 Å². The minimum absolute atomic E-state index is 0.438. The zero-order chi connectivity index (χ0) is 12.7. The fourth-order valence-electron chi connectivity index (χ4n) is 1.67. The van der Waals surface area contributed by atoms with Crippen molar-refractivity contribution in [2.75, 3.05) is 26.2 Å². The first-order chi connectivity index (χ1) is 8.17. The van der Waals surface area contributed by atoms with Gasteiger partial charge in [-0.3, -0.25) is 0 Å². The van der Waals surface area contributed by atoms with E-state index in [0.717, 1.165) is 32.2 Å².